The summed E-state index contributed by atoms with van der Waals surface area (Å²) in [6.45, 7) is -0.318. The number of thiazole rings is 1. The number of halogens is 2. The maximum Gasteiger partial charge on any atom is 0.264 e. The Morgan fingerprint density at radius 3 is 2.88 bits per heavy atom. The van der Waals surface area contributed by atoms with E-state index in [1.54, 1.807) is 24.3 Å². The highest BCUT2D eigenvalue weighted by Gasteiger charge is 2.13. The summed E-state index contributed by atoms with van der Waals surface area (Å²) in [5, 5.41) is 13.2. The van der Waals surface area contributed by atoms with E-state index in [1.165, 1.54) is 5.38 Å². The number of para-hydroxylation sites is 1. The zero-order valence-corrected chi connectivity index (χ0v) is 14.0. The molecule has 0 atom stereocenters. The Bertz CT molecular complexity index is 998. The molecule has 0 aliphatic rings. The van der Waals surface area contributed by atoms with Crippen molar-refractivity contribution in [1.82, 2.24) is 4.98 Å². The van der Waals surface area contributed by atoms with Gasteiger partial charge in [-0.2, -0.15) is 5.26 Å². The van der Waals surface area contributed by atoms with Crippen LogP contribution in [0.2, 0.25) is 0 Å². The van der Waals surface area contributed by atoms with Gasteiger partial charge in [0.15, 0.2) is 11.7 Å². The van der Waals surface area contributed by atoms with Gasteiger partial charge in [-0.1, -0.05) is 12.1 Å². The molecule has 1 N–H and O–H groups in total. The van der Waals surface area contributed by atoms with Crippen molar-refractivity contribution in [2.45, 2.75) is 0 Å². The van der Waals surface area contributed by atoms with E-state index in [0.717, 1.165) is 29.5 Å². The number of rotatable bonds is 5. The van der Waals surface area contributed by atoms with Crippen molar-refractivity contribution in [3.8, 4) is 23.1 Å². The standard InChI is InChI=1S/C18H11F2N3O2S/c19-12-5-6-14(20)13(7-12)15-10-26-18(22-15)23-17(24)9-25-16-4-2-1-3-11(16)8-21/h1-7,10H,9H2,(H,22,23,24). The van der Waals surface area contributed by atoms with E-state index in [4.69, 9.17) is 10.00 Å². The molecule has 8 heteroatoms. The molecule has 1 amide bonds. The zero-order chi connectivity index (χ0) is 18.5. The van der Waals surface area contributed by atoms with Crippen LogP contribution in [0.15, 0.2) is 47.8 Å². The summed E-state index contributed by atoms with van der Waals surface area (Å²) < 4.78 is 32.4. The lowest BCUT2D eigenvalue weighted by molar-refractivity contribution is -0.118. The number of ether oxygens (including phenoxy) is 1. The Morgan fingerprint density at radius 2 is 2.08 bits per heavy atom. The number of amides is 1. The van der Waals surface area contributed by atoms with Crippen molar-refractivity contribution in [1.29, 1.82) is 5.26 Å². The van der Waals surface area contributed by atoms with Crippen LogP contribution in [0.5, 0.6) is 5.75 Å². The first-order chi connectivity index (χ1) is 12.6. The van der Waals surface area contributed by atoms with Crippen molar-refractivity contribution < 1.29 is 18.3 Å². The minimum atomic E-state index is -0.606. The average Bonchev–Trinajstić information content (AvgIpc) is 3.10. The van der Waals surface area contributed by atoms with E-state index in [-0.39, 0.29) is 23.0 Å². The summed E-state index contributed by atoms with van der Waals surface area (Å²) in [5.41, 5.74) is 0.553. The van der Waals surface area contributed by atoms with Crippen molar-refractivity contribution in [2.75, 3.05) is 11.9 Å². The topological polar surface area (TPSA) is 75.0 Å². The van der Waals surface area contributed by atoms with Crippen LogP contribution in [0.1, 0.15) is 5.56 Å². The lowest BCUT2D eigenvalue weighted by atomic mass is 10.1. The van der Waals surface area contributed by atoms with Gasteiger partial charge in [-0.05, 0) is 30.3 Å². The summed E-state index contributed by atoms with van der Waals surface area (Å²) in [6.07, 6.45) is 0. The van der Waals surface area contributed by atoms with Crippen LogP contribution in [0, 0.1) is 23.0 Å². The third-order valence-corrected chi connectivity index (χ3v) is 4.08. The number of nitriles is 1. The van der Waals surface area contributed by atoms with Gasteiger partial charge in [0.05, 0.1) is 11.3 Å². The molecule has 1 heterocycles. The van der Waals surface area contributed by atoms with Crippen molar-refractivity contribution in [2.24, 2.45) is 0 Å². The Hall–Kier alpha value is -3.31. The Kier molecular flexibility index (Phi) is 5.20. The summed E-state index contributed by atoms with van der Waals surface area (Å²) >= 11 is 1.08. The molecule has 0 bridgehead atoms. The number of carbonyl (C=O) groups excluding carboxylic acids is 1. The van der Waals surface area contributed by atoms with E-state index in [9.17, 15) is 13.6 Å². The summed E-state index contributed by atoms with van der Waals surface area (Å²) in [5.74, 6) is -1.37. The van der Waals surface area contributed by atoms with Gasteiger partial charge in [0.2, 0.25) is 0 Å². The summed E-state index contributed by atoms with van der Waals surface area (Å²) in [6, 6.07) is 11.6. The predicted molar refractivity (Wildman–Crippen MR) is 92.7 cm³/mol. The van der Waals surface area contributed by atoms with Gasteiger partial charge in [0.25, 0.3) is 5.91 Å². The molecule has 0 aliphatic heterocycles. The van der Waals surface area contributed by atoms with Gasteiger partial charge in [0, 0.05) is 10.9 Å². The molecule has 0 spiro atoms. The number of nitrogens with one attached hydrogen (secondary N) is 1. The number of carbonyl (C=O) groups is 1. The smallest absolute Gasteiger partial charge is 0.264 e. The number of hydrogen-bond acceptors (Lipinski definition) is 5. The van der Waals surface area contributed by atoms with Crippen molar-refractivity contribution in [3.63, 3.8) is 0 Å². The second kappa shape index (κ2) is 7.72. The first kappa shape index (κ1) is 17.5. The number of benzene rings is 2. The fourth-order valence-corrected chi connectivity index (χ4v) is 2.86. The lowest BCUT2D eigenvalue weighted by Gasteiger charge is -2.07. The van der Waals surface area contributed by atoms with Crippen LogP contribution in [0.4, 0.5) is 13.9 Å². The Morgan fingerprint density at radius 1 is 1.27 bits per heavy atom. The molecule has 0 saturated heterocycles. The maximum absolute atomic E-state index is 13.8. The highest BCUT2D eigenvalue weighted by atomic mass is 32.1. The van der Waals surface area contributed by atoms with Crippen LogP contribution in [-0.4, -0.2) is 17.5 Å². The van der Waals surface area contributed by atoms with Crippen LogP contribution < -0.4 is 10.1 Å². The van der Waals surface area contributed by atoms with Crippen LogP contribution in [0.25, 0.3) is 11.3 Å². The molecular formula is C18H11F2N3O2S. The third-order valence-electron chi connectivity index (χ3n) is 3.32. The van der Waals surface area contributed by atoms with E-state index in [2.05, 4.69) is 10.3 Å². The first-order valence-electron chi connectivity index (χ1n) is 7.39. The number of hydrogen-bond donors (Lipinski definition) is 1. The third kappa shape index (κ3) is 4.02. The van der Waals surface area contributed by atoms with E-state index in [0.29, 0.717) is 11.3 Å². The van der Waals surface area contributed by atoms with Crippen molar-refractivity contribution >= 4 is 22.4 Å². The molecule has 5 nitrogen and oxygen atoms in total. The fourth-order valence-electron chi connectivity index (χ4n) is 2.13. The van der Waals surface area contributed by atoms with Crippen LogP contribution in [0.3, 0.4) is 0 Å². The monoisotopic (exact) mass is 371 g/mol. The Balaban J connectivity index is 1.65. The van der Waals surface area contributed by atoms with Crippen LogP contribution in [-0.2, 0) is 4.79 Å². The SMILES string of the molecule is N#Cc1ccccc1OCC(=O)Nc1nc(-c2cc(F)ccc2F)cs1. The Labute approximate surface area is 151 Å². The second-order valence-corrected chi connectivity index (χ2v) is 5.96. The van der Waals surface area contributed by atoms with Gasteiger partial charge in [-0.15, -0.1) is 11.3 Å². The highest BCUT2D eigenvalue weighted by molar-refractivity contribution is 7.14. The number of anilines is 1. The minimum absolute atomic E-state index is 0.0148. The molecule has 0 fully saturated rings. The van der Waals surface area contributed by atoms with Gasteiger partial charge >= 0.3 is 0 Å². The average molecular weight is 371 g/mol. The van der Waals surface area contributed by atoms with Gasteiger partial charge < -0.3 is 4.74 Å². The highest BCUT2D eigenvalue weighted by Crippen LogP contribution is 2.27. The second-order valence-electron chi connectivity index (χ2n) is 5.11. The van der Waals surface area contributed by atoms with E-state index < -0.39 is 17.5 Å². The van der Waals surface area contributed by atoms with E-state index in [1.807, 2.05) is 6.07 Å². The minimum Gasteiger partial charge on any atom is -0.482 e. The molecule has 2 aromatic carbocycles. The molecule has 130 valence electrons. The fraction of sp³-hybridized carbons (Fsp3) is 0.0556. The summed E-state index contributed by atoms with van der Waals surface area (Å²) in [4.78, 5) is 16.0. The normalized spacial score (nSPS) is 10.2. The van der Waals surface area contributed by atoms with Crippen LogP contribution >= 0.6 is 11.3 Å². The molecule has 26 heavy (non-hydrogen) atoms. The number of aromatic nitrogens is 1. The quantitative estimate of drug-likeness (QED) is 0.736. The largest absolute Gasteiger partial charge is 0.482 e. The molecule has 0 unspecified atom stereocenters. The molecule has 0 radical (unpaired) electrons. The molecule has 3 aromatic rings. The summed E-state index contributed by atoms with van der Waals surface area (Å²) in [7, 11) is 0. The molecule has 1 aromatic heterocycles. The van der Waals surface area contributed by atoms with Gasteiger partial charge in [-0.25, -0.2) is 13.8 Å². The molecular weight excluding hydrogens is 360 g/mol. The molecule has 0 saturated carbocycles. The lowest BCUT2D eigenvalue weighted by Crippen LogP contribution is -2.20. The first-order valence-corrected chi connectivity index (χ1v) is 8.27. The molecule has 3 rings (SSSR count). The maximum atomic E-state index is 13.8. The number of nitrogens with zero attached hydrogens (tertiary/aromatic N) is 2. The van der Waals surface area contributed by atoms with Gasteiger partial charge in [0.1, 0.15) is 23.5 Å². The van der Waals surface area contributed by atoms with Gasteiger partial charge in [-0.3, -0.25) is 10.1 Å². The predicted octanol–water partition coefficient (Wildman–Crippen LogP) is 3.98. The van der Waals surface area contributed by atoms with E-state index >= 15 is 0 Å². The van der Waals surface area contributed by atoms with Crippen molar-refractivity contribution in [3.05, 3.63) is 65.0 Å². The molecule has 0 aliphatic carbocycles. The zero-order valence-electron chi connectivity index (χ0n) is 13.2.